The van der Waals surface area contributed by atoms with Gasteiger partial charge < -0.3 is 16.0 Å². The fourth-order valence-electron chi connectivity index (χ4n) is 0.910. The molecule has 1 atom stereocenters. The highest BCUT2D eigenvalue weighted by Gasteiger charge is 2.08. The molecule has 0 spiro atoms. The van der Waals surface area contributed by atoms with Crippen molar-refractivity contribution in [2.75, 3.05) is 12.4 Å². The summed E-state index contributed by atoms with van der Waals surface area (Å²) in [5.41, 5.74) is 5.39. The van der Waals surface area contributed by atoms with Crippen molar-refractivity contribution in [3.8, 4) is 0 Å². The van der Waals surface area contributed by atoms with E-state index in [1.165, 1.54) is 0 Å². The van der Waals surface area contributed by atoms with Crippen molar-refractivity contribution in [1.82, 2.24) is 0 Å². The summed E-state index contributed by atoms with van der Waals surface area (Å²) >= 11 is 1.76. The molecule has 13 heavy (non-hydrogen) atoms. The molecule has 4 N–H and O–H groups in total. The van der Waals surface area contributed by atoms with E-state index in [1.54, 1.807) is 11.8 Å². The molecule has 5 heteroatoms. The van der Waals surface area contributed by atoms with Gasteiger partial charge in [0, 0.05) is 18.3 Å². The van der Waals surface area contributed by atoms with Gasteiger partial charge in [0.2, 0.25) is 0 Å². The largest absolute Gasteiger partial charge is 0.409 e. The number of nitrogens with zero attached hydrogens (tertiary/aromatic N) is 1. The van der Waals surface area contributed by atoms with E-state index in [1.807, 2.05) is 0 Å². The number of aliphatic hydroxyl groups is 1. The molecule has 1 unspecified atom stereocenters. The van der Waals surface area contributed by atoms with E-state index in [-0.39, 0.29) is 12.4 Å². The lowest BCUT2D eigenvalue weighted by Crippen LogP contribution is -2.18. The van der Waals surface area contributed by atoms with Gasteiger partial charge >= 0.3 is 0 Å². The minimum atomic E-state index is 0.229. The predicted molar refractivity (Wildman–Crippen MR) is 56.3 cm³/mol. The SMILES string of the molecule is CCC(CC(N)=NO)SCCCO. The molecular weight excluding hydrogens is 188 g/mol. The molecule has 0 rings (SSSR count). The number of hydrogen-bond donors (Lipinski definition) is 3. The van der Waals surface area contributed by atoms with E-state index in [4.69, 9.17) is 16.0 Å². The fourth-order valence-corrected chi connectivity index (χ4v) is 2.06. The average Bonchev–Trinajstić information content (AvgIpc) is 2.16. The summed E-state index contributed by atoms with van der Waals surface area (Å²) in [7, 11) is 0. The molecule has 0 aliphatic rings. The number of amidine groups is 1. The second-order valence-corrected chi connectivity index (χ2v) is 4.18. The van der Waals surface area contributed by atoms with Gasteiger partial charge in [-0.25, -0.2) is 0 Å². The number of thioether (sulfide) groups is 1. The first-order valence-electron chi connectivity index (χ1n) is 4.43. The van der Waals surface area contributed by atoms with Crippen LogP contribution in [0.3, 0.4) is 0 Å². The van der Waals surface area contributed by atoms with E-state index in [9.17, 15) is 0 Å². The average molecular weight is 206 g/mol. The highest BCUT2D eigenvalue weighted by Crippen LogP contribution is 2.18. The van der Waals surface area contributed by atoms with E-state index >= 15 is 0 Å². The maximum atomic E-state index is 8.58. The van der Waals surface area contributed by atoms with Crippen LogP contribution in [0.4, 0.5) is 0 Å². The van der Waals surface area contributed by atoms with Gasteiger partial charge in [-0.15, -0.1) is 0 Å². The summed E-state index contributed by atoms with van der Waals surface area (Å²) in [6, 6.07) is 0. The Hall–Kier alpha value is -0.420. The minimum Gasteiger partial charge on any atom is -0.409 e. The molecule has 0 radical (unpaired) electrons. The van der Waals surface area contributed by atoms with E-state index in [0.717, 1.165) is 18.6 Å². The molecule has 0 saturated heterocycles. The summed E-state index contributed by atoms with van der Waals surface area (Å²) in [5, 5.41) is 20.3. The van der Waals surface area contributed by atoms with Gasteiger partial charge in [-0.05, 0) is 18.6 Å². The van der Waals surface area contributed by atoms with Crippen LogP contribution in [0.25, 0.3) is 0 Å². The summed E-state index contributed by atoms with van der Waals surface area (Å²) < 4.78 is 0. The van der Waals surface area contributed by atoms with Gasteiger partial charge in [0.05, 0.1) is 0 Å². The molecule has 0 amide bonds. The van der Waals surface area contributed by atoms with Crippen molar-refractivity contribution >= 4 is 17.6 Å². The minimum absolute atomic E-state index is 0.229. The van der Waals surface area contributed by atoms with Crippen LogP contribution in [-0.4, -0.2) is 33.8 Å². The monoisotopic (exact) mass is 206 g/mol. The molecule has 0 bridgehead atoms. The fraction of sp³-hybridized carbons (Fsp3) is 0.875. The van der Waals surface area contributed by atoms with Crippen molar-refractivity contribution in [3.63, 3.8) is 0 Å². The number of oxime groups is 1. The molecule has 0 aliphatic heterocycles. The normalized spacial score (nSPS) is 14.5. The molecule has 0 aromatic rings. The zero-order valence-corrected chi connectivity index (χ0v) is 8.76. The molecular formula is C8H18N2O2S. The Bertz CT molecular complexity index is 153. The van der Waals surface area contributed by atoms with E-state index < -0.39 is 0 Å². The molecule has 0 aromatic carbocycles. The second kappa shape index (κ2) is 8.19. The van der Waals surface area contributed by atoms with Gasteiger partial charge in [0.15, 0.2) is 0 Å². The third-order valence-corrected chi connectivity index (χ3v) is 3.17. The lowest BCUT2D eigenvalue weighted by molar-refractivity contribution is 0.296. The quantitative estimate of drug-likeness (QED) is 0.191. The van der Waals surface area contributed by atoms with Crippen molar-refractivity contribution in [1.29, 1.82) is 0 Å². The van der Waals surface area contributed by atoms with Crippen LogP contribution in [0.5, 0.6) is 0 Å². The summed E-state index contributed by atoms with van der Waals surface area (Å²) in [5.74, 6) is 1.21. The van der Waals surface area contributed by atoms with Crippen LogP contribution in [0.2, 0.25) is 0 Å². The Kier molecular flexibility index (Phi) is 7.93. The van der Waals surface area contributed by atoms with Crippen LogP contribution >= 0.6 is 11.8 Å². The van der Waals surface area contributed by atoms with Gasteiger partial charge in [-0.1, -0.05) is 12.1 Å². The first kappa shape index (κ1) is 12.6. The molecule has 78 valence electrons. The van der Waals surface area contributed by atoms with Crippen molar-refractivity contribution in [3.05, 3.63) is 0 Å². The third-order valence-electron chi connectivity index (χ3n) is 1.68. The molecule has 0 fully saturated rings. The lowest BCUT2D eigenvalue weighted by Gasteiger charge is -2.12. The molecule has 0 saturated carbocycles. The molecule has 0 aliphatic carbocycles. The summed E-state index contributed by atoms with van der Waals surface area (Å²) in [6.07, 6.45) is 2.41. The Balaban J connectivity index is 3.63. The molecule has 0 aromatic heterocycles. The highest BCUT2D eigenvalue weighted by atomic mass is 32.2. The topological polar surface area (TPSA) is 78.8 Å². The predicted octanol–water partition coefficient (Wildman–Crippen LogP) is 1.02. The number of nitrogens with two attached hydrogens (primary N) is 1. The number of hydrogen-bond acceptors (Lipinski definition) is 4. The molecule has 0 heterocycles. The van der Waals surface area contributed by atoms with Crippen LogP contribution in [-0.2, 0) is 0 Å². The maximum Gasteiger partial charge on any atom is 0.140 e. The summed E-state index contributed by atoms with van der Waals surface area (Å²) in [4.78, 5) is 0. The zero-order chi connectivity index (χ0) is 10.1. The highest BCUT2D eigenvalue weighted by molar-refractivity contribution is 7.99. The Morgan fingerprint density at radius 1 is 1.62 bits per heavy atom. The molecule has 4 nitrogen and oxygen atoms in total. The third kappa shape index (κ3) is 6.72. The zero-order valence-electron chi connectivity index (χ0n) is 7.94. The van der Waals surface area contributed by atoms with Crippen molar-refractivity contribution in [2.24, 2.45) is 10.9 Å². The number of rotatable bonds is 7. The lowest BCUT2D eigenvalue weighted by atomic mass is 10.2. The van der Waals surface area contributed by atoms with Crippen molar-refractivity contribution in [2.45, 2.75) is 31.4 Å². The van der Waals surface area contributed by atoms with Crippen LogP contribution in [0.1, 0.15) is 26.2 Å². The smallest absolute Gasteiger partial charge is 0.140 e. The standard InChI is InChI=1S/C8H18N2O2S/c1-2-7(6-8(9)10-12)13-5-3-4-11/h7,11-12H,2-6H2,1H3,(H2,9,10). The Morgan fingerprint density at radius 2 is 2.31 bits per heavy atom. The Morgan fingerprint density at radius 3 is 2.77 bits per heavy atom. The van der Waals surface area contributed by atoms with Gasteiger partial charge in [-0.3, -0.25) is 0 Å². The van der Waals surface area contributed by atoms with E-state index in [0.29, 0.717) is 11.7 Å². The van der Waals surface area contributed by atoms with Crippen molar-refractivity contribution < 1.29 is 10.3 Å². The van der Waals surface area contributed by atoms with Crippen LogP contribution in [0.15, 0.2) is 5.16 Å². The number of aliphatic hydroxyl groups excluding tert-OH is 1. The van der Waals surface area contributed by atoms with Gasteiger partial charge in [-0.2, -0.15) is 11.8 Å². The first-order valence-corrected chi connectivity index (χ1v) is 5.48. The van der Waals surface area contributed by atoms with E-state index in [2.05, 4.69) is 12.1 Å². The van der Waals surface area contributed by atoms with Gasteiger partial charge in [0.25, 0.3) is 0 Å². The van der Waals surface area contributed by atoms with Crippen LogP contribution in [0, 0.1) is 0 Å². The summed E-state index contributed by atoms with van der Waals surface area (Å²) in [6.45, 7) is 2.30. The van der Waals surface area contributed by atoms with Crippen LogP contribution < -0.4 is 5.73 Å². The van der Waals surface area contributed by atoms with Gasteiger partial charge in [0.1, 0.15) is 5.84 Å². The Labute approximate surface area is 83.2 Å². The maximum absolute atomic E-state index is 8.58. The first-order chi connectivity index (χ1) is 6.24. The second-order valence-electron chi connectivity index (χ2n) is 2.77.